The van der Waals surface area contributed by atoms with Gasteiger partial charge in [-0.1, -0.05) is 0 Å². The fraction of sp³-hybridized carbons (Fsp3) is 0.238. The molecule has 1 saturated heterocycles. The highest BCUT2D eigenvalue weighted by atomic mass is 19.2. The number of benzene rings is 1. The average molecular weight is 443 g/mol. The van der Waals surface area contributed by atoms with Gasteiger partial charge in [0, 0.05) is 38.4 Å². The van der Waals surface area contributed by atoms with E-state index in [0.717, 1.165) is 17.7 Å². The van der Waals surface area contributed by atoms with Crippen molar-refractivity contribution >= 4 is 29.2 Å². The van der Waals surface area contributed by atoms with Crippen LogP contribution in [0.5, 0.6) is 0 Å². The molecule has 0 atom stereocenters. The number of hydrogen-bond donors (Lipinski definition) is 2. The lowest BCUT2D eigenvalue weighted by Crippen LogP contribution is -2.50. The fourth-order valence-corrected chi connectivity index (χ4v) is 3.28. The maximum Gasteiger partial charge on any atom is 0.322 e. The molecule has 0 spiro atoms. The van der Waals surface area contributed by atoms with Gasteiger partial charge in [-0.25, -0.2) is 32.9 Å². The summed E-state index contributed by atoms with van der Waals surface area (Å²) in [5.41, 5.74) is 0.655. The van der Waals surface area contributed by atoms with E-state index >= 15 is 0 Å². The number of aryl methyl sites for hydroxylation is 1. The van der Waals surface area contributed by atoms with Crippen LogP contribution in [0.4, 0.5) is 41.1 Å². The zero-order valence-corrected chi connectivity index (χ0v) is 17.1. The molecule has 4 rings (SSSR count). The minimum absolute atomic E-state index is 0.337. The molecule has 0 aliphatic carbocycles. The number of carbonyl (C=O) groups excluding carboxylic acids is 1. The SMILES string of the molecule is Cc1ccnc(Nc2cc(N3CCN(C(=O)Nc4ccc(F)c(F)c4F)CC3)ncn2)c1. The van der Waals surface area contributed by atoms with Crippen molar-refractivity contribution in [2.45, 2.75) is 6.92 Å². The van der Waals surface area contributed by atoms with Gasteiger partial charge in [-0.05, 0) is 36.8 Å². The van der Waals surface area contributed by atoms with E-state index in [9.17, 15) is 18.0 Å². The number of hydrogen-bond acceptors (Lipinski definition) is 6. The summed E-state index contributed by atoms with van der Waals surface area (Å²) in [6.07, 6.45) is 3.15. The van der Waals surface area contributed by atoms with Crippen molar-refractivity contribution < 1.29 is 18.0 Å². The van der Waals surface area contributed by atoms with Crippen LogP contribution in [0.3, 0.4) is 0 Å². The first-order chi connectivity index (χ1) is 15.4. The number of halogens is 3. The Balaban J connectivity index is 1.36. The third-order valence-electron chi connectivity index (χ3n) is 4.99. The first-order valence-corrected chi connectivity index (χ1v) is 9.87. The molecule has 0 unspecified atom stereocenters. The number of piperazine rings is 1. The fourth-order valence-electron chi connectivity index (χ4n) is 3.28. The zero-order valence-electron chi connectivity index (χ0n) is 17.1. The molecule has 8 nitrogen and oxygen atoms in total. The first kappa shape index (κ1) is 21.3. The molecule has 2 N–H and O–H groups in total. The summed E-state index contributed by atoms with van der Waals surface area (Å²) in [6.45, 7) is 3.60. The summed E-state index contributed by atoms with van der Waals surface area (Å²) in [7, 11) is 0. The van der Waals surface area contributed by atoms with E-state index in [2.05, 4.69) is 25.6 Å². The van der Waals surface area contributed by atoms with Crippen LogP contribution in [0.25, 0.3) is 0 Å². The third kappa shape index (κ3) is 4.71. The molecule has 1 fully saturated rings. The highest BCUT2D eigenvalue weighted by Crippen LogP contribution is 2.22. The molecule has 11 heteroatoms. The van der Waals surface area contributed by atoms with Crippen molar-refractivity contribution in [2.75, 3.05) is 41.7 Å². The largest absolute Gasteiger partial charge is 0.353 e. The second kappa shape index (κ2) is 9.08. The Hall–Kier alpha value is -3.89. The quantitative estimate of drug-likeness (QED) is 0.598. The van der Waals surface area contributed by atoms with E-state index in [0.29, 0.717) is 43.6 Å². The maximum absolute atomic E-state index is 13.8. The monoisotopic (exact) mass is 443 g/mol. The van der Waals surface area contributed by atoms with Gasteiger partial charge in [0.1, 0.15) is 23.8 Å². The molecule has 3 aromatic rings. The van der Waals surface area contributed by atoms with E-state index in [-0.39, 0.29) is 0 Å². The van der Waals surface area contributed by atoms with E-state index in [1.807, 2.05) is 24.0 Å². The van der Waals surface area contributed by atoms with Gasteiger partial charge >= 0.3 is 6.03 Å². The molecule has 0 saturated carbocycles. The van der Waals surface area contributed by atoms with Crippen LogP contribution in [-0.4, -0.2) is 52.1 Å². The third-order valence-corrected chi connectivity index (χ3v) is 4.99. The molecule has 1 aromatic carbocycles. The Morgan fingerprint density at radius 2 is 1.69 bits per heavy atom. The predicted molar refractivity (Wildman–Crippen MR) is 113 cm³/mol. The van der Waals surface area contributed by atoms with Crippen LogP contribution < -0.4 is 15.5 Å². The van der Waals surface area contributed by atoms with E-state index in [1.165, 1.54) is 11.2 Å². The summed E-state index contributed by atoms with van der Waals surface area (Å²) >= 11 is 0. The Labute approximate surface area is 182 Å². The lowest BCUT2D eigenvalue weighted by Gasteiger charge is -2.35. The number of carbonyl (C=O) groups is 1. The second-order valence-corrected chi connectivity index (χ2v) is 7.23. The van der Waals surface area contributed by atoms with Crippen molar-refractivity contribution in [3.63, 3.8) is 0 Å². The number of pyridine rings is 1. The number of nitrogens with zero attached hydrogens (tertiary/aromatic N) is 5. The number of urea groups is 1. The van der Waals surface area contributed by atoms with Crippen molar-refractivity contribution in [3.8, 4) is 0 Å². The molecule has 32 heavy (non-hydrogen) atoms. The van der Waals surface area contributed by atoms with Gasteiger partial charge in [0.05, 0.1) is 5.69 Å². The number of aromatic nitrogens is 3. The minimum Gasteiger partial charge on any atom is -0.353 e. The number of amides is 2. The highest BCUT2D eigenvalue weighted by Gasteiger charge is 2.24. The van der Waals surface area contributed by atoms with Gasteiger partial charge < -0.3 is 20.4 Å². The molecule has 3 heterocycles. The van der Waals surface area contributed by atoms with Crippen LogP contribution in [0.1, 0.15) is 5.56 Å². The van der Waals surface area contributed by atoms with Gasteiger partial charge in [0.2, 0.25) is 0 Å². The van der Waals surface area contributed by atoms with Crippen LogP contribution in [0, 0.1) is 24.4 Å². The summed E-state index contributed by atoms with van der Waals surface area (Å²) in [4.78, 5) is 28.6. The molecule has 1 aliphatic rings. The molecule has 1 aliphatic heterocycles. The zero-order chi connectivity index (χ0) is 22.7. The smallest absolute Gasteiger partial charge is 0.322 e. The van der Waals surface area contributed by atoms with Gasteiger partial charge in [-0.3, -0.25) is 0 Å². The van der Waals surface area contributed by atoms with E-state index in [1.54, 1.807) is 12.3 Å². The van der Waals surface area contributed by atoms with Gasteiger partial charge in [-0.2, -0.15) is 0 Å². The number of nitrogens with one attached hydrogen (secondary N) is 2. The molecule has 0 bridgehead atoms. The second-order valence-electron chi connectivity index (χ2n) is 7.23. The Morgan fingerprint density at radius 3 is 2.44 bits per heavy atom. The van der Waals surface area contributed by atoms with Gasteiger partial charge in [0.25, 0.3) is 0 Å². The minimum atomic E-state index is -1.62. The highest BCUT2D eigenvalue weighted by molar-refractivity contribution is 5.89. The van der Waals surface area contributed by atoms with Crippen LogP contribution in [0.15, 0.2) is 42.9 Å². The standard InChI is InChI=1S/C21H20F3N7O/c1-13-4-5-25-16(10-13)29-17-11-18(27-12-26-17)30-6-8-31(9-7-30)21(32)28-15-3-2-14(22)19(23)20(15)24/h2-5,10-12H,6-9H2,1H3,(H,28,32)(H,25,26,27,29). The van der Waals surface area contributed by atoms with Crippen LogP contribution in [0.2, 0.25) is 0 Å². The predicted octanol–water partition coefficient (Wildman–Crippen LogP) is 3.70. The average Bonchev–Trinajstić information content (AvgIpc) is 2.80. The first-order valence-electron chi connectivity index (χ1n) is 9.87. The molecule has 166 valence electrons. The topological polar surface area (TPSA) is 86.3 Å². The number of rotatable bonds is 4. The number of anilines is 4. The van der Waals surface area contributed by atoms with Gasteiger partial charge in [0.15, 0.2) is 17.5 Å². The van der Waals surface area contributed by atoms with Crippen molar-refractivity contribution in [1.82, 2.24) is 19.9 Å². The summed E-state index contributed by atoms with van der Waals surface area (Å²) in [5.74, 6) is -2.43. The van der Waals surface area contributed by atoms with Crippen LogP contribution in [-0.2, 0) is 0 Å². The molecular weight excluding hydrogens is 423 g/mol. The van der Waals surface area contributed by atoms with Crippen molar-refractivity contribution in [1.29, 1.82) is 0 Å². The van der Waals surface area contributed by atoms with Crippen molar-refractivity contribution in [2.24, 2.45) is 0 Å². The van der Waals surface area contributed by atoms with E-state index < -0.39 is 29.2 Å². The molecule has 0 radical (unpaired) electrons. The van der Waals surface area contributed by atoms with Crippen LogP contribution >= 0.6 is 0 Å². The summed E-state index contributed by atoms with van der Waals surface area (Å²) < 4.78 is 40.2. The molecule has 2 amide bonds. The lowest BCUT2D eigenvalue weighted by molar-refractivity contribution is 0.208. The Bertz CT molecular complexity index is 1140. The maximum atomic E-state index is 13.8. The molecule has 2 aromatic heterocycles. The molecular formula is C21H20F3N7O. The summed E-state index contributed by atoms with van der Waals surface area (Å²) in [6, 6.07) is 6.74. The summed E-state index contributed by atoms with van der Waals surface area (Å²) in [5, 5.41) is 5.42. The Morgan fingerprint density at radius 1 is 0.938 bits per heavy atom. The van der Waals surface area contributed by atoms with Crippen molar-refractivity contribution in [3.05, 3.63) is 65.9 Å². The lowest BCUT2D eigenvalue weighted by atomic mass is 10.2. The van der Waals surface area contributed by atoms with Gasteiger partial charge in [-0.15, -0.1) is 0 Å². The normalized spacial score (nSPS) is 13.8. The van der Waals surface area contributed by atoms with E-state index in [4.69, 9.17) is 0 Å². The Kier molecular flexibility index (Phi) is 6.06.